The van der Waals surface area contributed by atoms with Crippen LogP contribution in [0.5, 0.6) is 0 Å². The Kier molecular flexibility index (Phi) is 3.61. The van der Waals surface area contributed by atoms with Crippen molar-refractivity contribution in [3.05, 3.63) is 17.9 Å². The summed E-state index contributed by atoms with van der Waals surface area (Å²) in [5.41, 5.74) is 0. The Balaban J connectivity index is 2.91. The van der Waals surface area contributed by atoms with E-state index in [1.807, 2.05) is 0 Å². The van der Waals surface area contributed by atoms with Crippen molar-refractivity contribution < 1.29 is 22.7 Å². The highest BCUT2D eigenvalue weighted by atomic mass is 32.2. The number of aldehydes is 1. The van der Waals surface area contributed by atoms with Crippen molar-refractivity contribution in [3.63, 3.8) is 0 Å². The highest BCUT2D eigenvalue weighted by Gasteiger charge is 2.20. The Bertz CT molecular complexity index is 436. The maximum absolute atomic E-state index is 11.5. The molecule has 6 nitrogen and oxygen atoms in total. The first-order valence-corrected chi connectivity index (χ1v) is 5.66. The molecule has 0 amide bonds. The molecule has 15 heavy (non-hydrogen) atoms. The number of aliphatic hydroxyl groups is 1. The lowest BCUT2D eigenvalue weighted by Gasteiger charge is -2.08. The lowest BCUT2D eigenvalue weighted by molar-refractivity contribution is 0.109. The number of furan rings is 1. The van der Waals surface area contributed by atoms with Crippen LogP contribution >= 0.6 is 0 Å². The number of aliphatic hydroxyl groups excluding tert-OH is 1. The van der Waals surface area contributed by atoms with Crippen LogP contribution in [0.15, 0.2) is 21.6 Å². The van der Waals surface area contributed by atoms with Crippen molar-refractivity contribution in [1.82, 2.24) is 4.72 Å². The minimum absolute atomic E-state index is 0.0629. The first-order chi connectivity index (χ1) is 6.99. The number of hydrogen-bond donors (Lipinski definition) is 2. The molecule has 0 radical (unpaired) electrons. The molecule has 2 N–H and O–H groups in total. The predicted molar refractivity (Wildman–Crippen MR) is 51.0 cm³/mol. The minimum atomic E-state index is -3.80. The molecule has 0 saturated carbocycles. The van der Waals surface area contributed by atoms with Gasteiger partial charge in [0.1, 0.15) is 0 Å². The van der Waals surface area contributed by atoms with Crippen molar-refractivity contribution in [1.29, 1.82) is 0 Å². The van der Waals surface area contributed by atoms with E-state index in [0.717, 1.165) is 0 Å². The molecule has 0 aliphatic rings. The van der Waals surface area contributed by atoms with E-state index < -0.39 is 16.1 Å². The second kappa shape index (κ2) is 4.56. The number of hydrogen-bond acceptors (Lipinski definition) is 5. The Morgan fingerprint density at radius 1 is 1.60 bits per heavy atom. The average molecular weight is 233 g/mol. The molecule has 0 spiro atoms. The van der Waals surface area contributed by atoms with Crippen molar-refractivity contribution in [2.45, 2.75) is 18.1 Å². The molecule has 1 unspecified atom stereocenters. The van der Waals surface area contributed by atoms with E-state index in [0.29, 0.717) is 6.29 Å². The van der Waals surface area contributed by atoms with Crippen LogP contribution in [0.1, 0.15) is 17.5 Å². The zero-order chi connectivity index (χ0) is 11.5. The maximum Gasteiger partial charge on any atom is 0.274 e. The lowest BCUT2D eigenvalue weighted by atomic mass is 10.4. The summed E-state index contributed by atoms with van der Waals surface area (Å²) in [6.07, 6.45) is 0.411. The summed E-state index contributed by atoms with van der Waals surface area (Å²) in [7, 11) is -3.80. The molecule has 1 atom stereocenters. The third-order valence-electron chi connectivity index (χ3n) is 1.61. The van der Waals surface area contributed by atoms with Crippen LogP contribution in [0.25, 0.3) is 0 Å². The number of rotatable bonds is 5. The second-order valence-electron chi connectivity index (χ2n) is 2.98. The van der Waals surface area contributed by atoms with Gasteiger partial charge in [-0.05, 0) is 19.1 Å². The van der Waals surface area contributed by atoms with Gasteiger partial charge >= 0.3 is 0 Å². The molecule has 1 aromatic rings. The molecule has 0 aromatic carbocycles. The predicted octanol–water partition coefficient (Wildman–Crippen LogP) is -0.249. The van der Waals surface area contributed by atoms with Crippen LogP contribution in [0.3, 0.4) is 0 Å². The van der Waals surface area contributed by atoms with E-state index >= 15 is 0 Å². The van der Waals surface area contributed by atoms with Crippen LogP contribution in [-0.4, -0.2) is 32.5 Å². The second-order valence-corrected chi connectivity index (χ2v) is 4.62. The molecule has 0 aliphatic carbocycles. The molecule has 0 bridgehead atoms. The fourth-order valence-corrected chi connectivity index (χ4v) is 2.08. The lowest BCUT2D eigenvalue weighted by Crippen LogP contribution is -2.34. The summed E-state index contributed by atoms with van der Waals surface area (Å²) in [4.78, 5) is 10.3. The zero-order valence-electron chi connectivity index (χ0n) is 8.00. The van der Waals surface area contributed by atoms with E-state index in [2.05, 4.69) is 4.72 Å². The quantitative estimate of drug-likeness (QED) is 0.684. The van der Waals surface area contributed by atoms with Crippen LogP contribution in [0.2, 0.25) is 0 Å². The van der Waals surface area contributed by atoms with Crippen molar-refractivity contribution >= 4 is 16.3 Å². The molecule has 0 saturated heterocycles. The van der Waals surface area contributed by atoms with Gasteiger partial charge in [-0.15, -0.1) is 0 Å². The van der Waals surface area contributed by atoms with Gasteiger partial charge in [-0.3, -0.25) is 4.79 Å². The molecule has 1 rings (SSSR count). The molecule has 7 heteroatoms. The van der Waals surface area contributed by atoms with E-state index in [4.69, 9.17) is 9.52 Å². The normalized spacial score (nSPS) is 13.7. The van der Waals surface area contributed by atoms with Crippen LogP contribution < -0.4 is 4.72 Å². The molecule has 0 aliphatic heterocycles. The largest absolute Gasteiger partial charge is 0.440 e. The van der Waals surface area contributed by atoms with Crippen LogP contribution in [0.4, 0.5) is 0 Å². The number of sulfonamides is 1. The van der Waals surface area contributed by atoms with Crippen molar-refractivity contribution in [3.8, 4) is 0 Å². The van der Waals surface area contributed by atoms with Gasteiger partial charge in [0.2, 0.25) is 5.09 Å². The van der Waals surface area contributed by atoms with Gasteiger partial charge in [0.25, 0.3) is 10.0 Å². The molecule has 1 heterocycles. The van der Waals surface area contributed by atoms with Gasteiger partial charge in [0.05, 0.1) is 6.61 Å². The molecule has 0 fully saturated rings. The van der Waals surface area contributed by atoms with Crippen molar-refractivity contribution in [2.24, 2.45) is 0 Å². The van der Waals surface area contributed by atoms with Gasteiger partial charge in [-0.25, -0.2) is 13.1 Å². The summed E-state index contributed by atoms with van der Waals surface area (Å²) >= 11 is 0. The van der Waals surface area contributed by atoms with E-state index in [1.165, 1.54) is 19.1 Å². The van der Waals surface area contributed by atoms with E-state index in [-0.39, 0.29) is 17.5 Å². The fourth-order valence-electron chi connectivity index (χ4n) is 0.902. The highest BCUT2D eigenvalue weighted by Crippen LogP contribution is 2.12. The molecule has 84 valence electrons. The number of carbonyl (C=O) groups excluding carboxylic acids is 1. The third-order valence-corrected chi connectivity index (χ3v) is 3.08. The molecule has 1 aromatic heterocycles. The highest BCUT2D eigenvalue weighted by molar-refractivity contribution is 7.89. The SMILES string of the molecule is CC(CO)NS(=O)(=O)c1ccc(C=O)o1. The van der Waals surface area contributed by atoms with Crippen LogP contribution in [-0.2, 0) is 10.0 Å². The first-order valence-electron chi connectivity index (χ1n) is 4.18. The third kappa shape index (κ3) is 2.88. The van der Waals surface area contributed by atoms with Crippen LogP contribution in [0, 0.1) is 0 Å². The van der Waals surface area contributed by atoms with Gasteiger partial charge < -0.3 is 9.52 Å². The Morgan fingerprint density at radius 3 is 2.73 bits per heavy atom. The van der Waals surface area contributed by atoms with E-state index in [9.17, 15) is 13.2 Å². The first kappa shape index (κ1) is 11.9. The van der Waals surface area contributed by atoms with E-state index in [1.54, 1.807) is 0 Å². The van der Waals surface area contributed by atoms with Crippen molar-refractivity contribution in [2.75, 3.05) is 6.61 Å². The summed E-state index contributed by atoms with van der Waals surface area (Å²) in [6.45, 7) is 1.18. The topological polar surface area (TPSA) is 96.6 Å². The minimum Gasteiger partial charge on any atom is -0.440 e. The van der Waals surface area contributed by atoms with Gasteiger partial charge in [-0.2, -0.15) is 0 Å². The zero-order valence-corrected chi connectivity index (χ0v) is 8.82. The number of carbonyl (C=O) groups is 1. The molecular weight excluding hydrogens is 222 g/mol. The summed E-state index contributed by atoms with van der Waals surface area (Å²) in [5.74, 6) is -0.0629. The Labute approximate surface area is 87.0 Å². The Morgan fingerprint density at radius 2 is 2.27 bits per heavy atom. The van der Waals surface area contributed by atoms with Gasteiger partial charge in [-0.1, -0.05) is 0 Å². The fraction of sp³-hybridized carbons (Fsp3) is 0.375. The monoisotopic (exact) mass is 233 g/mol. The smallest absolute Gasteiger partial charge is 0.274 e. The van der Waals surface area contributed by atoms with Gasteiger partial charge in [0, 0.05) is 6.04 Å². The molecular formula is C8H11NO5S. The average Bonchev–Trinajstić information content (AvgIpc) is 2.65. The summed E-state index contributed by atoms with van der Waals surface area (Å²) in [6, 6.07) is 1.82. The standard InChI is InChI=1S/C8H11NO5S/c1-6(4-10)9-15(12,13)8-3-2-7(5-11)14-8/h2-3,5-6,9-10H,4H2,1H3. The number of nitrogens with one attached hydrogen (secondary N) is 1. The summed E-state index contributed by atoms with van der Waals surface area (Å²) < 4.78 is 29.9. The maximum atomic E-state index is 11.5. The van der Waals surface area contributed by atoms with Gasteiger partial charge in [0.15, 0.2) is 12.0 Å². The summed E-state index contributed by atoms with van der Waals surface area (Å²) in [5, 5.41) is 8.34. The Hall–Kier alpha value is -1.18.